The number of carbonyl (C=O) groups excluding carboxylic acids is 2. The molecule has 1 fully saturated rings. The zero-order valence-electron chi connectivity index (χ0n) is 20.7. The molecule has 36 heavy (non-hydrogen) atoms. The van der Waals surface area contributed by atoms with Gasteiger partial charge in [0.05, 0.1) is 17.9 Å². The molecular formula is C28H30N4O4. The first-order valence-corrected chi connectivity index (χ1v) is 12.1. The zero-order chi connectivity index (χ0) is 25.4. The van der Waals surface area contributed by atoms with Crippen LogP contribution in [0.1, 0.15) is 36.1 Å². The summed E-state index contributed by atoms with van der Waals surface area (Å²) in [5.41, 5.74) is 3.39. The Balaban J connectivity index is 1.53. The van der Waals surface area contributed by atoms with E-state index in [0.29, 0.717) is 25.1 Å². The molecule has 0 bridgehead atoms. The number of benzene rings is 2. The summed E-state index contributed by atoms with van der Waals surface area (Å²) in [6.07, 6.45) is 6.74. The fourth-order valence-electron chi connectivity index (χ4n) is 4.98. The lowest BCUT2D eigenvalue weighted by molar-refractivity contribution is -0.139. The third kappa shape index (κ3) is 4.34. The highest BCUT2D eigenvalue weighted by Crippen LogP contribution is 2.41. The van der Waals surface area contributed by atoms with Gasteiger partial charge in [-0.05, 0) is 54.8 Å². The molecular weight excluding hydrogens is 456 g/mol. The van der Waals surface area contributed by atoms with Crippen LogP contribution in [-0.4, -0.2) is 58.0 Å². The van der Waals surface area contributed by atoms with E-state index in [1.165, 1.54) is 0 Å². The van der Waals surface area contributed by atoms with Crippen LogP contribution in [0.3, 0.4) is 0 Å². The molecule has 0 saturated carbocycles. The van der Waals surface area contributed by atoms with E-state index in [1.807, 2.05) is 73.1 Å². The minimum atomic E-state index is -0.674. The number of nitrogens with zero attached hydrogens (tertiary/aromatic N) is 4. The van der Waals surface area contributed by atoms with Crippen molar-refractivity contribution in [2.24, 2.45) is 0 Å². The average Bonchev–Trinajstić information content (AvgIpc) is 3.57. The number of rotatable bonds is 7. The quantitative estimate of drug-likeness (QED) is 0.311. The summed E-state index contributed by atoms with van der Waals surface area (Å²) in [5.74, 6) is -0.631. The summed E-state index contributed by atoms with van der Waals surface area (Å²) in [5, 5.41) is 11.4. The number of likely N-dealkylation sites (tertiary alicyclic amines) is 1. The van der Waals surface area contributed by atoms with Gasteiger partial charge in [0.15, 0.2) is 0 Å². The van der Waals surface area contributed by atoms with Crippen molar-refractivity contribution < 1.29 is 19.4 Å². The number of amides is 1. The van der Waals surface area contributed by atoms with Crippen LogP contribution in [-0.2, 0) is 22.6 Å². The van der Waals surface area contributed by atoms with Crippen molar-refractivity contribution >= 4 is 23.1 Å². The molecule has 3 heterocycles. The minimum absolute atomic E-state index is 0.0636. The Hall–Kier alpha value is -4.07. The van der Waals surface area contributed by atoms with Crippen molar-refractivity contribution in [1.82, 2.24) is 14.5 Å². The van der Waals surface area contributed by atoms with Gasteiger partial charge in [-0.15, -0.1) is 0 Å². The molecule has 0 aliphatic carbocycles. The first-order chi connectivity index (χ1) is 17.3. The maximum atomic E-state index is 13.3. The second-order valence-corrected chi connectivity index (χ2v) is 9.59. The normalized spacial score (nSPS) is 20.5. The lowest BCUT2D eigenvalue weighted by Gasteiger charge is -2.26. The second-order valence-electron chi connectivity index (χ2n) is 9.59. The van der Waals surface area contributed by atoms with Crippen LogP contribution < -0.4 is 9.64 Å². The molecule has 1 aromatic heterocycles. The number of aliphatic hydroxyl groups is 1. The number of aliphatic hydroxyl groups excluding tert-OH is 1. The zero-order valence-corrected chi connectivity index (χ0v) is 20.7. The first-order valence-electron chi connectivity index (χ1n) is 12.1. The third-order valence-corrected chi connectivity index (χ3v) is 6.81. The van der Waals surface area contributed by atoms with Crippen LogP contribution in [0.25, 0.3) is 5.76 Å². The van der Waals surface area contributed by atoms with Gasteiger partial charge in [-0.25, -0.2) is 4.98 Å². The monoisotopic (exact) mass is 486 g/mol. The number of aryl methyl sites for hydroxylation is 1. The fourth-order valence-corrected chi connectivity index (χ4v) is 4.98. The van der Waals surface area contributed by atoms with Crippen LogP contribution >= 0.6 is 0 Å². The number of imidazole rings is 1. The van der Waals surface area contributed by atoms with Gasteiger partial charge in [0, 0.05) is 57.3 Å². The number of fused-ring (bicyclic) bond motifs is 1. The number of ketones is 1. The van der Waals surface area contributed by atoms with E-state index in [9.17, 15) is 14.7 Å². The second kappa shape index (κ2) is 9.53. The minimum Gasteiger partial charge on any atom is -0.507 e. The number of Topliss-reactive ketones (excluding diaryl/α,β-unsaturated/α-hetero) is 1. The Kier molecular flexibility index (Phi) is 6.26. The lowest BCUT2D eigenvalue weighted by Crippen LogP contribution is -2.31. The summed E-state index contributed by atoms with van der Waals surface area (Å²) >= 11 is 0. The SMILES string of the molecule is C[C@H]1Cc2cc(/C(O)=C3\C(=O)C(=O)N(CCCn4ccnc4)[C@@H]3c3ccc(N(C)C)cc3)ccc2O1. The fraction of sp³-hybridized carbons (Fsp3) is 0.321. The van der Waals surface area contributed by atoms with Gasteiger partial charge >= 0.3 is 0 Å². The molecule has 2 atom stereocenters. The maximum Gasteiger partial charge on any atom is 0.295 e. The molecule has 0 unspecified atom stereocenters. The molecule has 8 nitrogen and oxygen atoms in total. The highest BCUT2D eigenvalue weighted by molar-refractivity contribution is 6.46. The number of aromatic nitrogens is 2. The number of hydrogen-bond donors (Lipinski definition) is 1. The molecule has 1 amide bonds. The molecule has 3 aromatic rings. The van der Waals surface area contributed by atoms with E-state index < -0.39 is 17.7 Å². The van der Waals surface area contributed by atoms with Crippen molar-refractivity contribution in [2.75, 3.05) is 25.5 Å². The van der Waals surface area contributed by atoms with Crippen LogP contribution in [0.2, 0.25) is 0 Å². The van der Waals surface area contributed by atoms with Crippen molar-refractivity contribution in [1.29, 1.82) is 0 Å². The summed E-state index contributed by atoms with van der Waals surface area (Å²) in [6.45, 7) is 3.03. The molecule has 2 aliphatic rings. The van der Waals surface area contributed by atoms with Crippen LogP contribution in [0.4, 0.5) is 5.69 Å². The third-order valence-electron chi connectivity index (χ3n) is 6.81. The van der Waals surface area contributed by atoms with Crippen LogP contribution in [0.15, 0.2) is 66.8 Å². The molecule has 2 aromatic carbocycles. The lowest BCUT2D eigenvalue weighted by atomic mass is 9.94. The molecule has 0 spiro atoms. The van der Waals surface area contributed by atoms with Gasteiger partial charge in [-0.2, -0.15) is 0 Å². The number of hydrogen-bond acceptors (Lipinski definition) is 6. The van der Waals surface area contributed by atoms with E-state index in [4.69, 9.17) is 4.74 Å². The molecule has 1 saturated heterocycles. The average molecular weight is 487 g/mol. The summed E-state index contributed by atoms with van der Waals surface area (Å²) in [6, 6.07) is 12.5. The standard InChI is InChI=1S/C28H30N4O4/c1-18-15-21-16-20(7-10-23(21)36-18)26(33)24-25(19-5-8-22(9-6-19)30(2)3)32(28(35)27(24)34)13-4-12-31-14-11-29-17-31/h5-11,14,16-18,25,33H,4,12-13,15H2,1-3H3/b26-24+/t18-,25+/m0/s1. The van der Waals surface area contributed by atoms with Gasteiger partial charge < -0.3 is 24.2 Å². The van der Waals surface area contributed by atoms with E-state index in [-0.39, 0.29) is 17.4 Å². The Labute approximate surface area is 210 Å². The smallest absolute Gasteiger partial charge is 0.295 e. The van der Waals surface area contributed by atoms with Gasteiger partial charge in [-0.3, -0.25) is 9.59 Å². The first kappa shape index (κ1) is 23.7. The Morgan fingerprint density at radius 2 is 1.92 bits per heavy atom. The van der Waals surface area contributed by atoms with E-state index in [0.717, 1.165) is 29.0 Å². The van der Waals surface area contributed by atoms with Crippen molar-refractivity contribution in [3.8, 4) is 5.75 Å². The summed E-state index contributed by atoms with van der Waals surface area (Å²) < 4.78 is 7.72. The highest BCUT2D eigenvalue weighted by Gasteiger charge is 2.45. The van der Waals surface area contributed by atoms with Gasteiger partial charge in [0.2, 0.25) is 0 Å². The van der Waals surface area contributed by atoms with E-state index in [1.54, 1.807) is 23.5 Å². The topological polar surface area (TPSA) is 87.9 Å². The van der Waals surface area contributed by atoms with Gasteiger partial charge in [0.1, 0.15) is 17.6 Å². The van der Waals surface area contributed by atoms with Crippen molar-refractivity contribution in [3.63, 3.8) is 0 Å². The molecule has 2 aliphatic heterocycles. The van der Waals surface area contributed by atoms with Gasteiger partial charge in [0.25, 0.3) is 11.7 Å². The van der Waals surface area contributed by atoms with Crippen LogP contribution in [0, 0.1) is 0 Å². The predicted molar refractivity (Wildman–Crippen MR) is 137 cm³/mol. The number of ether oxygens (including phenoxy) is 1. The molecule has 0 radical (unpaired) electrons. The maximum absolute atomic E-state index is 13.3. The van der Waals surface area contributed by atoms with E-state index in [2.05, 4.69) is 4.98 Å². The predicted octanol–water partition coefficient (Wildman–Crippen LogP) is 3.78. The Bertz CT molecular complexity index is 1310. The summed E-state index contributed by atoms with van der Waals surface area (Å²) in [4.78, 5) is 34.1. The molecule has 1 N–H and O–H groups in total. The molecule has 5 rings (SSSR count). The largest absolute Gasteiger partial charge is 0.507 e. The van der Waals surface area contributed by atoms with E-state index >= 15 is 0 Å². The van der Waals surface area contributed by atoms with Crippen LogP contribution in [0.5, 0.6) is 5.75 Å². The number of anilines is 1. The molecule has 8 heteroatoms. The van der Waals surface area contributed by atoms with Gasteiger partial charge in [-0.1, -0.05) is 12.1 Å². The Morgan fingerprint density at radius 1 is 1.14 bits per heavy atom. The van der Waals surface area contributed by atoms with Crippen molar-refractivity contribution in [2.45, 2.75) is 38.5 Å². The van der Waals surface area contributed by atoms with Crippen molar-refractivity contribution in [3.05, 3.63) is 83.4 Å². The number of carbonyl (C=O) groups is 2. The molecule has 186 valence electrons. The summed E-state index contributed by atoms with van der Waals surface area (Å²) in [7, 11) is 3.91. The highest BCUT2D eigenvalue weighted by atomic mass is 16.5. The Morgan fingerprint density at radius 3 is 2.61 bits per heavy atom.